The van der Waals surface area contributed by atoms with Gasteiger partial charge in [-0.05, 0) is 19.3 Å². The number of ether oxygens (including phenoxy) is 1. The van der Waals surface area contributed by atoms with Gasteiger partial charge >= 0.3 is 0 Å². The number of fused-ring (bicyclic) bond motifs is 1. The van der Waals surface area contributed by atoms with Crippen molar-refractivity contribution in [3.05, 3.63) is 18.9 Å². The minimum atomic E-state index is 0.0856. The van der Waals surface area contributed by atoms with Gasteiger partial charge in [-0.3, -0.25) is 4.57 Å². The van der Waals surface area contributed by atoms with Gasteiger partial charge in [0.05, 0.1) is 12.5 Å². The topological polar surface area (TPSA) is 52.8 Å². The molecule has 0 aliphatic carbocycles. The van der Waals surface area contributed by atoms with E-state index in [4.69, 9.17) is 4.74 Å². The Hall–Kier alpha value is -1.49. The van der Waals surface area contributed by atoms with Crippen molar-refractivity contribution in [3.8, 4) is 0 Å². The molecular weight excluding hydrogens is 204 g/mol. The van der Waals surface area contributed by atoms with Crippen LogP contribution in [0.1, 0.15) is 31.9 Å². The molecule has 0 N–H and O–H groups in total. The molecule has 3 heterocycles. The second-order valence-electron chi connectivity index (χ2n) is 4.06. The van der Waals surface area contributed by atoms with Gasteiger partial charge in [0.1, 0.15) is 18.1 Å². The van der Waals surface area contributed by atoms with E-state index in [1.165, 1.54) is 12.8 Å². The van der Waals surface area contributed by atoms with Crippen LogP contribution in [0.2, 0.25) is 0 Å². The van der Waals surface area contributed by atoms with Crippen LogP contribution in [-0.2, 0) is 4.74 Å². The Balaban J connectivity index is 1.97. The van der Waals surface area contributed by atoms with E-state index in [1.54, 1.807) is 18.9 Å². The van der Waals surface area contributed by atoms with Crippen LogP contribution >= 0.6 is 0 Å². The molecule has 5 nitrogen and oxygen atoms in total. The maximum atomic E-state index is 5.82. The first-order valence-corrected chi connectivity index (χ1v) is 5.69. The van der Waals surface area contributed by atoms with Crippen molar-refractivity contribution >= 4 is 11.2 Å². The molecule has 2 aromatic rings. The molecule has 5 heteroatoms. The van der Waals surface area contributed by atoms with Crippen molar-refractivity contribution in [2.24, 2.45) is 0 Å². The quantitative estimate of drug-likeness (QED) is 0.733. The van der Waals surface area contributed by atoms with E-state index in [0.29, 0.717) is 0 Å². The average molecular weight is 218 g/mol. The molecule has 84 valence electrons. The third-order valence-electron chi connectivity index (χ3n) is 2.95. The number of hydrogen-bond acceptors (Lipinski definition) is 4. The van der Waals surface area contributed by atoms with Gasteiger partial charge in [-0.2, -0.15) is 0 Å². The number of nitrogens with zero attached hydrogens (tertiary/aromatic N) is 4. The number of imidazole rings is 1. The van der Waals surface area contributed by atoms with E-state index in [0.717, 1.165) is 30.6 Å². The smallest absolute Gasteiger partial charge is 0.165 e. The summed E-state index contributed by atoms with van der Waals surface area (Å²) in [6, 6.07) is 0. The monoisotopic (exact) mass is 218 g/mol. The Kier molecular flexibility index (Phi) is 2.53. The average Bonchev–Trinajstić information content (AvgIpc) is 2.57. The maximum absolute atomic E-state index is 5.82. The Bertz CT molecular complexity index is 474. The molecule has 2 aromatic heterocycles. The van der Waals surface area contributed by atoms with Gasteiger partial charge in [0.15, 0.2) is 5.65 Å². The summed E-state index contributed by atoms with van der Waals surface area (Å²) < 4.78 is 7.83. The molecule has 3 rings (SSSR count). The Labute approximate surface area is 93.5 Å². The summed E-state index contributed by atoms with van der Waals surface area (Å²) in [7, 11) is 0. The highest BCUT2D eigenvalue weighted by Crippen LogP contribution is 2.24. The van der Waals surface area contributed by atoms with Crippen molar-refractivity contribution in [3.63, 3.8) is 0 Å². The molecule has 0 amide bonds. The first kappa shape index (κ1) is 9.72. The van der Waals surface area contributed by atoms with E-state index in [9.17, 15) is 0 Å². The molecule has 1 fully saturated rings. The summed E-state index contributed by atoms with van der Waals surface area (Å²) in [5.41, 5.74) is 1.69. The Morgan fingerprint density at radius 2 is 2.25 bits per heavy atom. The lowest BCUT2D eigenvalue weighted by Crippen LogP contribution is -2.11. The summed E-state index contributed by atoms with van der Waals surface area (Å²) in [5, 5.41) is 0. The number of rotatable bonds is 1. The molecule has 0 radical (unpaired) electrons. The molecule has 0 spiro atoms. The van der Waals surface area contributed by atoms with Crippen molar-refractivity contribution in [1.82, 2.24) is 19.5 Å². The Morgan fingerprint density at radius 3 is 3.25 bits per heavy atom. The zero-order valence-corrected chi connectivity index (χ0v) is 9.04. The zero-order valence-electron chi connectivity index (χ0n) is 9.04. The summed E-state index contributed by atoms with van der Waals surface area (Å²) in [6.45, 7) is 0.829. The van der Waals surface area contributed by atoms with Crippen LogP contribution in [-0.4, -0.2) is 26.1 Å². The fraction of sp³-hybridized carbons (Fsp3) is 0.545. The van der Waals surface area contributed by atoms with Crippen LogP contribution in [0.25, 0.3) is 11.2 Å². The van der Waals surface area contributed by atoms with Crippen molar-refractivity contribution in [2.75, 3.05) is 6.61 Å². The Morgan fingerprint density at radius 1 is 1.25 bits per heavy atom. The van der Waals surface area contributed by atoms with Crippen molar-refractivity contribution < 1.29 is 4.74 Å². The van der Waals surface area contributed by atoms with Crippen LogP contribution in [0.5, 0.6) is 0 Å². The molecular formula is C11H14N4O. The molecule has 1 aliphatic rings. The normalized spacial score (nSPS) is 22.1. The largest absolute Gasteiger partial charge is 0.358 e. The SMILES string of the molecule is c1ncc2ncn(C3CCCCCO3)c2n1. The predicted molar refractivity (Wildman–Crippen MR) is 58.8 cm³/mol. The van der Waals surface area contributed by atoms with Gasteiger partial charge in [0.25, 0.3) is 0 Å². The molecule has 0 bridgehead atoms. The van der Waals surface area contributed by atoms with Gasteiger partial charge in [0, 0.05) is 6.61 Å². The van der Waals surface area contributed by atoms with Gasteiger partial charge in [-0.15, -0.1) is 0 Å². The third-order valence-corrected chi connectivity index (χ3v) is 2.95. The lowest BCUT2D eigenvalue weighted by atomic mass is 10.2. The lowest BCUT2D eigenvalue weighted by molar-refractivity contribution is 0.00934. The highest BCUT2D eigenvalue weighted by atomic mass is 16.5. The highest BCUT2D eigenvalue weighted by Gasteiger charge is 2.17. The minimum Gasteiger partial charge on any atom is -0.358 e. The van der Waals surface area contributed by atoms with Gasteiger partial charge in [0.2, 0.25) is 0 Å². The standard InChI is InChI=1S/C11H14N4O/c1-2-4-10(16-5-3-1)15-8-14-9-6-12-7-13-11(9)15/h6-8,10H,1-5H2. The van der Waals surface area contributed by atoms with Crippen molar-refractivity contribution in [1.29, 1.82) is 0 Å². The molecule has 1 atom stereocenters. The van der Waals surface area contributed by atoms with Crippen LogP contribution < -0.4 is 0 Å². The predicted octanol–water partition coefficient (Wildman–Crippen LogP) is 1.92. The van der Waals surface area contributed by atoms with Gasteiger partial charge in [-0.1, -0.05) is 6.42 Å². The summed E-state index contributed by atoms with van der Waals surface area (Å²) in [4.78, 5) is 12.5. The van der Waals surface area contributed by atoms with Crippen molar-refractivity contribution in [2.45, 2.75) is 31.9 Å². The van der Waals surface area contributed by atoms with E-state index < -0.39 is 0 Å². The van der Waals surface area contributed by atoms with Gasteiger partial charge < -0.3 is 4.74 Å². The molecule has 1 saturated heterocycles. The van der Waals surface area contributed by atoms with E-state index >= 15 is 0 Å². The third kappa shape index (κ3) is 1.67. The lowest BCUT2D eigenvalue weighted by Gasteiger charge is -2.16. The van der Waals surface area contributed by atoms with Crippen LogP contribution in [0.3, 0.4) is 0 Å². The fourth-order valence-electron chi connectivity index (χ4n) is 2.12. The molecule has 1 aliphatic heterocycles. The number of hydrogen-bond donors (Lipinski definition) is 0. The van der Waals surface area contributed by atoms with Gasteiger partial charge in [-0.25, -0.2) is 15.0 Å². The summed E-state index contributed by atoms with van der Waals surface area (Å²) in [6.07, 6.45) is 9.81. The van der Waals surface area contributed by atoms with E-state index in [1.807, 2.05) is 4.57 Å². The summed E-state index contributed by atoms with van der Waals surface area (Å²) in [5.74, 6) is 0. The first-order valence-electron chi connectivity index (χ1n) is 5.69. The highest BCUT2D eigenvalue weighted by molar-refractivity contribution is 5.68. The first-order chi connectivity index (χ1) is 7.95. The van der Waals surface area contributed by atoms with E-state index in [-0.39, 0.29) is 6.23 Å². The second-order valence-corrected chi connectivity index (χ2v) is 4.06. The fourth-order valence-corrected chi connectivity index (χ4v) is 2.12. The second kappa shape index (κ2) is 4.17. The summed E-state index contributed by atoms with van der Waals surface area (Å²) >= 11 is 0. The van der Waals surface area contributed by atoms with Crippen LogP contribution in [0.4, 0.5) is 0 Å². The van der Waals surface area contributed by atoms with Crippen LogP contribution in [0.15, 0.2) is 18.9 Å². The molecule has 16 heavy (non-hydrogen) atoms. The number of aromatic nitrogens is 4. The molecule has 0 saturated carbocycles. The minimum absolute atomic E-state index is 0.0856. The maximum Gasteiger partial charge on any atom is 0.165 e. The zero-order chi connectivity index (χ0) is 10.8. The molecule has 0 aromatic carbocycles. The molecule has 1 unspecified atom stereocenters. The van der Waals surface area contributed by atoms with E-state index in [2.05, 4.69) is 15.0 Å². The van der Waals surface area contributed by atoms with Crippen LogP contribution in [0, 0.1) is 0 Å².